The van der Waals surface area contributed by atoms with Crippen molar-refractivity contribution in [2.45, 2.75) is 13.0 Å². The van der Waals surface area contributed by atoms with E-state index in [1.165, 1.54) is 19.4 Å². The Labute approximate surface area is 162 Å². The molecule has 2 aromatic heterocycles. The van der Waals surface area contributed by atoms with E-state index in [1.54, 1.807) is 30.3 Å². The Bertz CT molecular complexity index is 1060. The van der Waals surface area contributed by atoms with Gasteiger partial charge in [0.25, 0.3) is 6.43 Å². The summed E-state index contributed by atoms with van der Waals surface area (Å²) >= 11 is 4.91. The molecule has 0 unspecified atom stereocenters. The molecule has 28 heavy (non-hydrogen) atoms. The van der Waals surface area contributed by atoms with Gasteiger partial charge in [-0.3, -0.25) is 0 Å². The zero-order valence-electron chi connectivity index (χ0n) is 14.5. The van der Waals surface area contributed by atoms with Crippen molar-refractivity contribution in [1.29, 1.82) is 0 Å². The van der Waals surface area contributed by atoms with E-state index in [-0.39, 0.29) is 17.1 Å². The van der Waals surface area contributed by atoms with Crippen LogP contribution in [0.5, 0.6) is 5.75 Å². The number of H-pyrrole nitrogens is 1. The minimum Gasteiger partial charge on any atom is -0.485 e. The van der Waals surface area contributed by atoms with Gasteiger partial charge in [0.15, 0.2) is 0 Å². The van der Waals surface area contributed by atoms with Crippen molar-refractivity contribution in [2.75, 3.05) is 7.11 Å². The maximum Gasteiger partial charge on any atom is 0.373 e. The highest BCUT2D eigenvalue weighted by Crippen LogP contribution is 2.20. The summed E-state index contributed by atoms with van der Waals surface area (Å²) in [5.74, 6) is -0.291. The lowest BCUT2D eigenvalue weighted by atomic mass is 10.2. The number of esters is 1. The molecule has 0 aliphatic rings. The van der Waals surface area contributed by atoms with Gasteiger partial charge in [0, 0.05) is 5.56 Å². The van der Waals surface area contributed by atoms with Gasteiger partial charge < -0.3 is 13.9 Å². The molecule has 3 aromatic rings. The standard InChI is InChI=1S/C17H14F2N4O4S/c1-25-16(24)13-7-6-11(27-13)9-26-12-5-3-2-4-10(12)8-20-23-15(14(18)19)21-22-17(23)28/h2-8,14H,9H2,1H3,(H,22,28)/b20-8-. The van der Waals surface area contributed by atoms with Crippen molar-refractivity contribution in [3.8, 4) is 5.75 Å². The smallest absolute Gasteiger partial charge is 0.373 e. The van der Waals surface area contributed by atoms with Crippen LogP contribution in [0.4, 0.5) is 8.78 Å². The maximum atomic E-state index is 12.9. The number of aromatic nitrogens is 3. The zero-order chi connectivity index (χ0) is 20.1. The molecule has 0 spiro atoms. The van der Waals surface area contributed by atoms with E-state index in [0.29, 0.717) is 17.1 Å². The van der Waals surface area contributed by atoms with Gasteiger partial charge in [-0.25, -0.2) is 18.7 Å². The Morgan fingerprint density at radius 2 is 2.18 bits per heavy atom. The largest absolute Gasteiger partial charge is 0.485 e. The number of carbonyl (C=O) groups is 1. The minimum atomic E-state index is -2.83. The summed E-state index contributed by atoms with van der Waals surface area (Å²) in [5, 5.41) is 9.68. The van der Waals surface area contributed by atoms with Crippen molar-refractivity contribution in [3.63, 3.8) is 0 Å². The fourth-order valence-electron chi connectivity index (χ4n) is 2.21. The first-order valence-corrected chi connectivity index (χ1v) is 8.29. The monoisotopic (exact) mass is 408 g/mol. The van der Waals surface area contributed by atoms with Crippen LogP contribution in [0.2, 0.25) is 0 Å². The number of alkyl halides is 2. The SMILES string of the molecule is COC(=O)c1ccc(COc2ccccc2/C=N\n2c(C(F)F)n[nH]c2=S)o1. The molecule has 11 heteroatoms. The second kappa shape index (κ2) is 8.57. The number of methoxy groups -OCH3 is 1. The number of ether oxygens (including phenoxy) is 2. The zero-order valence-corrected chi connectivity index (χ0v) is 15.3. The highest BCUT2D eigenvalue weighted by Gasteiger charge is 2.16. The Morgan fingerprint density at radius 3 is 2.93 bits per heavy atom. The molecule has 0 radical (unpaired) electrons. The normalized spacial score (nSPS) is 11.3. The highest BCUT2D eigenvalue weighted by atomic mass is 32.1. The van der Waals surface area contributed by atoms with E-state index >= 15 is 0 Å². The minimum absolute atomic E-state index is 0.0370. The first-order valence-electron chi connectivity index (χ1n) is 7.88. The van der Waals surface area contributed by atoms with Crippen molar-refractivity contribution < 1.29 is 27.5 Å². The number of furan rings is 1. The number of carbonyl (C=O) groups excluding carboxylic acids is 1. The third-order valence-corrected chi connectivity index (χ3v) is 3.78. The van der Waals surface area contributed by atoms with Crippen LogP contribution in [0, 0.1) is 4.77 Å². The average Bonchev–Trinajstić information content (AvgIpc) is 3.31. The summed E-state index contributed by atoms with van der Waals surface area (Å²) < 4.78 is 42.3. The van der Waals surface area contributed by atoms with Crippen molar-refractivity contribution in [2.24, 2.45) is 5.10 Å². The fourth-order valence-corrected chi connectivity index (χ4v) is 2.40. The number of para-hydroxylation sites is 1. The molecular weight excluding hydrogens is 394 g/mol. The molecule has 0 bridgehead atoms. The third-order valence-electron chi connectivity index (χ3n) is 3.52. The Hall–Kier alpha value is -3.34. The molecule has 1 N–H and O–H groups in total. The summed E-state index contributed by atoms with van der Waals surface area (Å²) in [4.78, 5) is 11.4. The molecule has 3 rings (SSSR count). The van der Waals surface area contributed by atoms with Gasteiger partial charge in [0.05, 0.1) is 13.3 Å². The van der Waals surface area contributed by atoms with Crippen molar-refractivity contribution in [1.82, 2.24) is 14.9 Å². The Kier molecular flexibility index (Phi) is 5.94. The van der Waals surface area contributed by atoms with Crippen LogP contribution in [0.3, 0.4) is 0 Å². The number of rotatable bonds is 7. The van der Waals surface area contributed by atoms with Crippen LogP contribution in [0.25, 0.3) is 0 Å². The van der Waals surface area contributed by atoms with E-state index in [9.17, 15) is 13.6 Å². The van der Waals surface area contributed by atoms with Crippen LogP contribution >= 0.6 is 12.2 Å². The average molecular weight is 408 g/mol. The highest BCUT2D eigenvalue weighted by molar-refractivity contribution is 7.71. The number of halogens is 2. The summed E-state index contributed by atoms with van der Waals surface area (Å²) in [5.41, 5.74) is 0.519. The molecule has 2 heterocycles. The molecular formula is C17H14F2N4O4S. The second-order valence-electron chi connectivity index (χ2n) is 5.33. The molecule has 0 aliphatic carbocycles. The molecule has 0 saturated heterocycles. The molecule has 1 aromatic carbocycles. The predicted molar refractivity (Wildman–Crippen MR) is 96.2 cm³/mol. The lowest BCUT2D eigenvalue weighted by Crippen LogP contribution is -2.01. The van der Waals surface area contributed by atoms with E-state index in [2.05, 4.69) is 20.0 Å². The van der Waals surface area contributed by atoms with E-state index in [1.807, 2.05) is 0 Å². The van der Waals surface area contributed by atoms with E-state index in [4.69, 9.17) is 21.4 Å². The summed E-state index contributed by atoms with van der Waals surface area (Å²) in [7, 11) is 1.25. The van der Waals surface area contributed by atoms with Crippen molar-refractivity contribution >= 4 is 24.4 Å². The first kappa shape index (κ1) is 19.4. The van der Waals surface area contributed by atoms with E-state index in [0.717, 1.165) is 4.68 Å². The molecule has 0 saturated carbocycles. The number of aromatic amines is 1. The van der Waals surface area contributed by atoms with Crippen LogP contribution in [-0.2, 0) is 11.3 Å². The van der Waals surface area contributed by atoms with Gasteiger partial charge in [0.1, 0.15) is 18.1 Å². The molecule has 0 amide bonds. The van der Waals surface area contributed by atoms with Gasteiger partial charge in [-0.05, 0) is 36.5 Å². The lowest BCUT2D eigenvalue weighted by Gasteiger charge is -2.07. The molecule has 146 valence electrons. The molecule has 0 aliphatic heterocycles. The van der Waals surface area contributed by atoms with Crippen LogP contribution in [-0.4, -0.2) is 34.2 Å². The number of hydrogen-bond acceptors (Lipinski definition) is 7. The van der Waals surface area contributed by atoms with Gasteiger partial charge in [0.2, 0.25) is 16.4 Å². The predicted octanol–water partition coefficient (Wildman–Crippen LogP) is 3.72. The Morgan fingerprint density at radius 1 is 1.39 bits per heavy atom. The van der Waals surface area contributed by atoms with Gasteiger partial charge in [-0.2, -0.15) is 14.9 Å². The van der Waals surface area contributed by atoms with Gasteiger partial charge >= 0.3 is 5.97 Å². The summed E-state index contributed by atoms with van der Waals surface area (Å²) in [6, 6.07) is 9.90. The van der Waals surface area contributed by atoms with Gasteiger partial charge in [-0.15, -0.1) is 0 Å². The molecule has 8 nitrogen and oxygen atoms in total. The summed E-state index contributed by atoms with van der Waals surface area (Å²) in [6.07, 6.45) is -1.51. The maximum absolute atomic E-state index is 12.9. The number of hydrogen-bond donors (Lipinski definition) is 1. The second-order valence-corrected chi connectivity index (χ2v) is 5.71. The van der Waals surface area contributed by atoms with Crippen molar-refractivity contribution in [3.05, 3.63) is 64.1 Å². The third kappa shape index (κ3) is 4.31. The number of nitrogens with zero attached hydrogens (tertiary/aromatic N) is 3. The van der Waals surface area contributed by atoms with Crippen LogP contribution < -0.4 is 4.74 Å². The fraction of sp³-hybridized carbons (Fsp3) is 0.176. The lowest BCUT2D eigenvalue weighted by molar-refractivity contribution is 0.0561. The van der Waals surface area contributed by atoms with Crippen LogP contribution in [0.15, 0.2) is 45.9 Å². The molecule has 0 fully saturated rings. The topological polar surface area (TPSA) is 94.6 Å². The number of benzene rings is 1. The molecule has 0 atom stereocenters. The first-order chi connectivity index (χ1) is 13.5. The quantitative estimate of drug-likeness (QED) is 0.364. The van der Waals surface area contributed by atoms with Crippen LogP contribution in [0.1, 0.15) is 34.1 Å². The Balaban J connectivity index is 1.77. The number of nitrogens with one attached hydrogen (secondary N) is 1. The van der Waals surface area contributed by atoms with Gasteiger partial charge in [-0.1, -0.05) is 12.1 Å². The van der Waals surface area contributed by atoms with E-state index < -0.39 is 18.2 Å². The summed E-state index contributed by atoms with van der Waals surface area (Å²) in [6.45, 7) is 0.0370.